The van der Waals surface area contributed by atoms with Gasteiger partial charge in [-0.1, -0.05) is 5.16 Å². The number of aliphatic hydroxyl groups is 1. The normalized spacial score (nSPS) is 16.3. The van der Waals surface area contributed by atoms with E-state index in [0.29, 0.717) is 37.9 Å². The van der Waals surface area contributed by atoms with Crippen LogP contribution in [0.25, 0.3) is 0 Å². The SMILES string of the molecule is COc1ccc(S(=O)(=O)N2CCN(c3nc(CO)no3)CC2)cc1. The van der Waals surface area contributed by atoms with Crippen LogP contribution in [0.4, 0.5) is 6.01 Å². The van der Waals surface area contributed by atoms with Crippen LogP contribution in [0.3, 0.4) is 0 Å². The third kappa shape index (κ3) is 3.21. The number of nitrogens with zero attached hydrogens (tertiary/aromatic N) is 4. The van der Waals surface area contributed by atoms with Gasteiger partial charge in [-0.15, -0.1) is 0 Å². The van der Waals surface area contributed by atoms with Crippen LogP contribution in [-0.2, 0) is 16.6 Å². The molecule has 0 atom stereocenters. The lowest BCUT2D eigenvalue weighted by molar-refractivity contribution is 0.263. The molecule has 3 rings (SSSR count). The molecule has 2 aromatic rings. The highest BCUT2D eigenvalue weighted by atomic mass is 32.2. The lowest BCUT2D eigenvalue weighted by Crippen LogP contribution is -2.48. The zero-order chi connectivity index (χ0) is 17.2. The maximum Gasteiger partial charge on any atom is 0.324 e. The van der Waals surface area contributed by atoms with Crippen LogP contribution in [0.2, 0.25) is 0 Å². The molecule has 1 aliphatic rings. The number of aliphatic hydroxyl groups excluding tert-OH is 1. The third-order valence-corrected chi connectivity index (χ3v) is 5.72. The second kappa shape index (κ2) is 6.75. The number of methoxy groups -OCH3 is 1. The number of hydrogen-bond acceptors (Lipinski definition) is 8. The molecule has 1 saturated heterocycles. The summed E-state index contributed by atoms with van der Waals surface area (Å²) in [5, 5.41) is 12.6. The Balaban J connectivity index is 1.68. The first-order valence-corrected chi connectivity index (χ1v) is 8.81. The molecule has 1 aromatic heterocycles. The van der Waals surface area contributed by atoms with E-state index in [1.807, 2.05) is 0 Å². The summed E-state index contributed by atoms with van der Waals surface area (Å²) in [7, 11) is -2.02. The van der Waals surface area contributed by atoms with Gasteiger partial charge in [-0.3, -0.25) is 0 Å². The maximum absolute atomic E-state index is 12.7. The Morgan fingerprint density at radius 3 is 2.42 bits per heavy atom. The number of hydrogen-bond donors (Lipinski definition) is 1. The topological polar surface area (TPSA) is 109 Å². The molecule has 10 heteroatoms. The van der Waals surface area contributed by atoms with E-state index in [2.05, 4.69) is 10.1 Å². The molecule has 1 N–H and O–H groups in total. The van der Waals surface area contributed by atoms with E-state index < -0.39 is 10.0 Å². The highest BCUT2D eigenvalue weighted by molar-refractivity contribution is 7.89. The van der Waals surface area contributed by atoms with Crippen molar-refractivity contribution in [3.05, 3.63) is 30.1 Å². The van der Waals surface area contributed by atoms with Crippen LogP contribution in [0, 0.1) is 0 Å². The number of aromatic nitrogens is 2. The largest absolute Gasteiger partial charge is 0.497 e. The fourth-order valence-corrected chi connectivity index (χ4v) is 3.88. The summed E-state index contributed by atoms with van der Waals surface area (Å²) in [5.41, 5.74) is 0. The van der Waals surface area contributed by atoms with Crippen molar-refractivity contribution in [2.45, 2.75) is 11.5 Å². The van der Waals surface area contributed by atoms with Crippen molar-refractivity contribution < 1.29 is 22.8 Å². The molecule has 0 unspecified atom stereocenters. The molecule has 0 aliphatic carbocycles. The van der Waals surface area contributed by atoms with E-state index in [1.165, 1.54) is 23.5 Å². The fraction of sp³-hybridized carbons (Fsp3) is 0.429. The van der Waals surface area contributed by atoms with Crippen molar-refractivity contribution in [2.24, 2.45) is 0 Å². The lowest BCUT2D eigenvalue weighted by atomic mass is 10.3. The summed E-state index contributed by atoms with van der Waals surface area (Å²) in [6.45, 7) is 1.19. The van der Waals surface area contributed by atoms with Gasteiger partial charge in [-0.2, -0.15) is 9.29 Å². The average Bonchev–Trinajstić information content (AvgIpc) is 3.11. The molecule has 0 amide bonds. The number of rotatable bonds is 5. The number of piperazine rings is 1. The first-order chi connectivity index (χ1) is 11.5. The van der Waals surface area contributed by atoms with Crippen molar-refractivity contribution in [3.63, 3.8) is 0 Å². The molecule has 0 spiro atoms. The van der Waals surface area contributed by atoms with Gasteiger partial charge in [0.25, 0.3) is 0 Å². The zero-order valence-electron chi connectivity index (χ0n) is 13.1. The predicted molar refractivity (Wildman–Crippen MR) is 84.2 cm³/mol. The van der Waals surface area contributed by atoms with E-state index in [4.69, 9.17) is 14.4 Å². The minimum atomic E-state index is -3.55. The lowest BCUT2D eigenvalue weighted by Gasteiger charge is -2.32. The molecular formula is C14H18N4O5S. The zero-order valence-corrected chi connectivity index (χ0v) is 13.9. The average molecular weight is 354 g/mol. The Labute approximate surface area is 139 Å². The van der Waals surface area contributed by atoms with Gasteiger partial charge in [0.2, 0.25) is 10.0 Å². The second-order valence-corrected chi connectivity index (χ2v) is 7.16. The Hall–Kier alpha value is -2.17. The van der Waals surface area contributed by atoms with Crippen LogP contribution in [0.5, 0.6) is 5.75 Å². The summed E-state index contributed by atoms with van der Waals surface area (Å²) in [6.07, 6.45) is 0. The molecule has 0 bridgehead atoms. The highest BCUT2D eigenvalue weighted by Gasteiger charge is 2.30. The van der Waals surface area contributed by atoms with Gasteiger partial charge in [0.15, 0.2) is 5.82 Å². The number of ether oxygens (including phenoxy) is 1. The monoisotopic (exact) mass is 354 g/mol. The van der Waals surface area contributed by atoms with Crippen molar-refractivity contribution in [1.29, 1.82) is 0 Å². The van der Waals surface area contributed by atoms with Crippen LogP contribution in [0.1, 0.15) is 5.82 Å². The van der Waals surface area contributed by atoms with Crippen LogP contribution in [-0.4, -0.2) is 61.3 Å². The molecule has 9 nitrogen and oxygen atoms in total. The molecule has 1 aliphatic heterocycles. The Morgan fingerprint density at radius 2 is 1.88 bits per heavy atom. The van der Waals surface area contributed by atoms with Gasteiger partial charge in [0.1, 0.15) is 12.4 Å². The maximum atomic E-state index is 12.7. The van der Waals surface area contributed by atoms with E-state index in [1.54, 1.807) is 17.0 Å². The van der Waals surface area contributed by atoms with Gasteiger partial charge in [-0.25, -0.2) is 8.42 Å². The molecule has 130 valence electrons. The van der Waals surface area contributed by atoms with E-state index in [0.717, 1.165) is 0 Å². The summed E-state index contributed by atoms with van der Waals surface area (Å²) in [4.78, 5) is 6.06. The summed E-state index contributed by atoms with van der Waals surface area (Å²) in [5.74, 6) is 0.813. The van der Waals surface area contributed by atoms with Crippen LogP contribution < -0.4 is 9.64 Å². The minimum Gasteiger partial charge on any atom is -0.497 e. The van der Waals surface area contributed by atoms with Crippen molar-refractivity contribution >= 4 is 16.0 Å². The molecular weight excluding hydrogens is 336 g/mol. The van der Waals surface area contributed by atoms with Gasteiger partial charge < -0.3 is 19.3 Å². The quantitative estimate of drug-likeness (QED) is 0.804. The Bertz CT molecular complexity index is 782. The Kier molecular flexibility index (Phi) is 4.69. The standard InChI is InChI=1S/C14H18N4O5S/c1-22-11-2-4-12(5-3-11)24(20,21)18-8-6-17(7-9-18)14-15-13(10-19)16-23-14/h2-5,19H,6-10H2,1H3. The molecule has 0 saturated carbocycles. The van der Waals surface area contributed by atoms with Crippen LogP contribution in [0.15, 0.2) is 33.7 Å². The Morgan fingerprint density at radius 1 is 1.21 bits per heavy atom. The third-order valence-electron chi connectivity index (χ3n) is 3.81. The second-order valence-electron chi connectivity index (χ2n) is 5.22. The number of sulfonamides is 1. The molecule has 1 aromatic carbocycles. The molecule has 1 fully saturated rings. The summed E-state index contributed by atoms with van der Waals surface area (Å²) >= 11 is 0. The minimum absolute atomic E-state index is 0.207. The van der Waals surface area contributed by atoms with Crippen molar-refractivity contribution in [2.75, 3.05) is 38.2 Å². The van der Waals surface area contributed by atoms with Crippen molar-refractivity contribution in [3.8, 4) is 5.75 Å². The van der Waals surface area contributed by atoms with E-state index in [-0.39, 0.29) is 17.3 Å². The van der Waals surface area contributed by atoms with Gasteiger partial charge in [0, 0.05) is 26.2 Å². The van der Waals surface area contributed by atoms with Crippen LogP contribution >= 0.6 is 0 Å². The summed E-state index contributed by atoms with van der Waals surface area (Å²) < 4.78 is 36.8. The highest BCUT2D eigenvalue weighted by Crippen LogP contribution is 2.22. The first kappa shape index (κ1) is 16.7. The number of benzene rings is 1. The molecule has 24 heavy (non-hydrogen) atoms. The van der Waals surface area contributed by atoms with Gasteiger partial charge in [0.05, 0.1) is 12.0 Å². The molecule has 0 radical (unpaired) electrons. The van der Waals surface area contributed by atoms with Gasteiger partial charge in [-0.05, 0) is 24.3 Å². The molecule has 2 heterocycles. The fourth-order valence-electron chi connectivity index (χ4n) is 2.45. The smallest absolute Gasteiger partial charge is 0.324 e. The van der Waals surface area contributed by atoms with Gasteiger partial charge >= 0.3 is 6.01 Å². The van der Waals surface area contributed by atoms with E-state index in [9.17, 15) is 8.42 Å². The number of anilines is 1. The van der Waals surface area contributed by atoms with Crippen molar-refractivity contribution in [1.82, 2.24) is 14.4 Å². The predicted octanol–water partition coefficient (Wildman–Crippen LogP) is 0.0814. The summed E-state index contributed by atoms with van der Waals surface area (Å²) in [6, 6.07) is 6.61. The van der Waals surface area contributed by atoms with E-state index >= 15 is 0 Å². The first-order valence-electron chi connectivity index (χ1n) is 7.37.